The van der Waals surface area contributed by atoms with Crippen molar-refractivity contribution in [1.82, 2.24) is 5.32 Å². The van der Waals surface area contributed by atoms with E-state index in [-0.39, 0.29) is 24.2 Å². The van der Waals surface area contributed by atoms with Gasteiger partial charge in [-0.15, -0.1) is 0 Å². The monoisotopic (exact) mass is 446 g/mol. The first-order valence-electron chi connectivity index (χ1n) is 12.0. The average Bonchev–Trinajstić information content (AvgIpc) is 3.24. The Hall–Kier alpha value is -1.76. The third kappa shape index (κ3) is 7.12. The number of fused-ring (bicyclic) bond motifs is 1. The molecule has 0 aromatic carbocycles. The van der Waals surface area contributed by atoms with Crippen molar-refractivity contribution in [2.24, 2.45) is 4.99 Å². The number of aliphatic imine (C=N–C) groups is 1. The molecule has 0 radical (unpaired) electrons. The molecule has 4 atom stereocenters. The molecule has 1 N–H and O–H groups in total. The van der Waals surface area contributed by atoms with Crippen LogP contribution in [0.3, 0.4) is 0 Å². The van der Waals surface area contributed by atoms with Crippen LogP contribution in [0.2, 0.25) is 0 Å². The average molecular weight is 447 g/mol. The van der Waals surface area contributed by atoms with Crippen molar-refractivity contribution in [2.75, 3.05) is 7.05 Å². The largest absolute Gasteiger partial charge is 0.359 e. The predicted molar refractivity (Wildman–Crippen MR) is 130 cm³/mol. The number of ether oxygens (including phenoxy) is 3. The molecule has 2 aliphatic heterocycles. The molecule has 0 aromatic heterocycles. The van der Waals surface area contributed by atoms with Crippen LogP contribution in [-0.4, -0.2) is 48.9 Å². The van der Waals surface area contributed by atoms with Crippen LogP contribution in [0.1, 0.15) is 80.1 Å². The highest BCUT2D eigenvalue weighted by Gasteiger charge is 2.56. The lowest BCUT2D eigenvalue weighted by molar-refractivity contribution is -0.189. The number of likely N-dealkylation sites (N-methyl/N-ethyl adjacent to an activating group) is 1. The summed E-state index contributed by atoms with van der Waals surface area (Å²) in [7, 11) is 1.62. The third-order valence-electron chi connectivity index (χ3n) is 5.96. The Kier molecular flexibility index (Phi) is 10.3. The number of carbonyl (C=O) groups excluding carboxylic acids is 1. The molecular weight excluding hydrogens is 404 g/mol. The summed E-state index contributed by atoms with van der Waals surface area (Å²) >= 11 is 0. The van der Waals surface area contributed by atoms with Crippen molar-refractivity contribution in [1.29, 1.82) is 0 Å². The van der Waals surface area contributed by atoms with Gasteiger partial charge in [0.2, 0.25) is 0 Å². The second-order valence-electron chi connectivity index (χ2n) is 9.10. The topological polar surface area (TPSA) is 69.2 Å². The van der Waals surface area contributed by atoms with Crippen LogP contribution < -0.4 is 5.32 Å². The van der Waals surface area contributed by atoms with E-state index in [9.17, 15) is 4.79 Å². The fraction of sp³-hybridized carbons (Fsp3) is 0.692. The minimum Gasteiger partial charge on any atom is -0.359 e. The number of nitrogens with zero attached hydrogens (tertiary/aromatic N) is 1. The lowest BCUT2D eigenvalue weighted by atomic mass is 9.97. The number of amides is 1. The predicted octanol–water partition coefficient (Wildman–Crippen LogP) is 5.25. The van der Waals surface area contributed by atoms with Crippen LogP contribution in [0.25, 0.3) is 0 Å². The summed E-state index contributed by atoms with van der Waals surface area (Å²) in [6.07, 6.45) is 13.0. The van der Waals surface area contributed by atoms with Crippen LogP contribution in [0.4, 0.5) is 0 Å². The van der Waals surface area contributed by atoms with Crippen molar-refractivity contribution in [3.63, 3.8) is 0 Å². The van der Waals surface area contributed by atoms with Crippen molar-refractivity contribution >= 4 is 11.6 Å². The fourth-order valence-electron chi connectivity index (χ4n) is 4.35. The lowest BCUT2D eigenvalue weighted by Crippen LogP contribution is -2.41. The summed E-state index contributed by atoms with van der Waals surface area (Å²) in [4.78, 5) is 16.9. The third-order valence-corrected chi connectivity index (χ3v) is 5.96. The second-order valence-corrected chi connectivity index (χ2v) is 9.10. The molecule has 0 bridgehead atoms. The Morgan fingerprint density at radius 1 is 1.16 bits per heavy atom. The summed E-state index contributed by atoms with van der Waals surface area (Å²) in [5, 5.41) is 2.68. The van der Waals surface area contributed by atoms with E-state index < -0.39 is 11.9 Å². The van der Waals surface area contributed by atoms with Gasteiger partial charge in [0, 0.05) is 19.0 Å². The van der Waals surface area contributed by atoms with Gasteiger partial charge < -0.3 is 19.5 Å². The maximum atomic E-state index is 12.2. The maximum absolute atomic E-state index is 12.2. The Morgan fingerprint density at radius 3 is 2.53 bits per heavy atom. The van der Waals surface area contributed by atoms with Gasteiger partial charge in [-0.3, -0.25) is 9.79 Å². The Labute approximate surface area is 194 Å². The number of hydrogen-bond donors (Lipinski definition) is 1. The number of carbonyl (C=O) groups is 1. The molecule has 180 valence electrons. The Bertz CT molecular complexity index is 751. The first kappa shape index (κ1) is 26.5. The van der Waals surface area contributed by atoms with Gasteiger partial charge in [-0.25, -0.2) is 0 Å². The molecule has 2 rings (SSSR count). The first-order valence-corrected chi connectivity index (χ1v) is 12.0. The highest BCUT2D eigenvalue weighted by atomic mass is 16.8. The molecule has 2 heterocycles. The zero-order valence-corrected chi connectivity index (χ0v) is 20.9. The number of rotatable bonds is 11. The lowest BCUT2D eigenvalue weighted by Gasteiger charge is -2.23. The van der Waals surface area contributed by atoms with Crippen LogP contribution in [0.5, 0.6) is 0 Å². The highest BCUT2D eigenvalue weighted by molar-refractivity contribution is 6.01. The standard InChI is InChI=1S/C26H42N2O4/c1-8-10-13-17-28-19(4)20(14-9-2)18(3)15-11-12-16-21-22-23(32-26(5,6)31-22)24(30-21)25(29)27-7/h9,13-14,17,21-24H,8,10-12,15-16H2,1-7H3,(H,27,29)/b14-9-,17-13-,20-18+,28-19-/t21-,22-,23-,24-/m0/s1. The summed E-state index contributed by atoms with van der Waals surface area (Å²) in [6.45, 7) is 12.2. The van der Waals surface area contributed by atoms with Crippen molar-refractivity contribution < 1.29 is 19.0 Å². The normalized spacial score (nSPS) is 28.4. The molecule has 6 nitrogen and oxygen atoms in total. The van der Waals surface area contributed by atoms with Gasteiger partial charge in [0.15, 0.2) is 11.9 Å². The Balaban J connectivity index is 1.95. The molecule has 0 aromatic rings. The molecular formula is C26H42N2O4. The molecule has 0 aliphatic carbocycles. The number of nitrogens with one attached hydrogen (secondary N) is 1. The quantitative estimate of drug-likeness (QED) is 0.267. The zero-order valence-electron chi connectivity index (χ0n) is 20.9. The molecule has 0 spiro atoms. The molecule has 32 heavy (non-hydrogen) atoms. The van der Waals surface area contributed by atoms with Gasteiger partial charge in [0.1, 0.15) is 12.2 Å². The highest BCUT2D eigenvalue weighted by Crippen LogP contribution is 2.40. The number of allylic oxidation sites excluding steroid dienone is 5. The van der Waals surface area contributed by atoms with E-state index in [0.29, 0.717) is 0 Å². The molecule has 2 fully saturated rings. The van der Waals surface area contributed by atoms with E-state index in [1.165, 1.54) is 11.1 Å². The van der Waals surface area contributed by atoms with E-state index in [1.54, 1.807) is 7.05 Å². The fourth-order valence-corrected chi connectivity index (χ4v) is 4.35. The van der Waals surface area contributed by atoms with Crippen molar-refractivity contribution in [3.05, 3.63) is 35.6 Å². The zero-order chi connectivity index (χ0) is 23.7. The SMILES string of the molecule is C\C=C/C(C(/C)=N\C=C/CCC)=C(/C)CCCC[C@@H]1O[C@H](C(=O)NC)[C@H]2OC(C)(C)O[C@H]21. The van der Waals surface area contributed by atoms with Crippen LogP contribution in [-0.2, 0) is 19.0 Å². The second kappa shape index (κ2) is 12.5. The van der Waals surface area contributed by atoms with Crippen LogP contribution in [0.15, 0.2) is 40.6 Å². The van der Waals surface area contributed by atoms with Gasteiger partial charge in [-0.2, -0.15) is 0 Å². The first-order chi connectivity index (χ1) is 15.2. The van der Waals surface area contributed by atoms with Gasteiger partial charge in [0.25, 0.3) is 5.91 Å². The summed E-state index contributed by atoms with van der Waals surface area (Å²) in [5.74, 6) is -0.839. The number of hydrogen-bond acceptors (Lipinski definition) is 5. The minimum atomic E-state index is -0.688. The molecule has 0 saturated carbocycles. The van der Waals surface area contributed by atoms with Crippen LogP contribution in [0, 0.1) is 0 Å². The molecule has 1 amide bonds. The smallest absolute Gasteiger partial charge is 0.251 e. The van der Waals surface area contributed by atoms with E-state index in [2.05, 4.69) is 49.3 Å². The van der Waals surface area contributed by atoms with E-state index in [1.807, 2.05) is 27.0 Å². The van der Waals surface area contributed by atoms with Crippen LogP contribution >= 0.6 is 0 Å². The molecule has 2 saturated heterocycles. The van der Waals surface area contributed by atoms with E-state index >= 15 is 0 Å². The maximum Gasteiger partial charge on any atom is 0.251 e. The van der Waals surface area contributed by atoms with Crippen molar-refractivity contribution in [2.45, 2.75) is 110 Å². The minimum absolute atomic E-state index is 0.129. The Morgan fingerprint density at radius 2 is 1.88 bits per heavy atom. The van der Waals surface area contributed by atoms with Crippen molar-refractivity contribution in [3.8, 4) is 0 Å². The van der Waals surface area contributed by atoms with Gasteiger partial charge in [-0.1, -0.05) is 43.6 Å². The molecule has 2 aliphatic rings. The van der Waals surface area contributed by atoms with Gasteiger partial charge in [0.05, 0.1) is 6.10 Å². The summed E-state index contributed by atoms with van der Waals surface area (Å²) in [6, 6.07) is 0. The van der Waals surface area contributed by atoms with E-state index in [0.717, 1.165) is 44.2 Å². The van der Waals surface area contributed by atoms with Gasteiger partial charge >= 0.3 is 0 Å². The summed E-state index contributed by atoms with van der Waals surface area (Å²) in [5.41, 5.74) is 3.59. The molecule has 0 unspecified atom stereocenters. The number of unbranched alkanes of at least 4 members (excludes halogenated alkanes) is 2. The molecule has 6 heteroatoms. The summed E-state index contributed by atoms with van der Waals surface area (Å²) < 4.78 is 18.1. The van der Waals surface area contributed by atoms with Gasteiger partial charge in [-0.05, 0) is 65.9 Å². The van der Waals surface area contributed by atoms with E-state index in [4.69, 9.17) is 14.2 Å².